The van der Waals surface area contributed by atoms with Gasteiger partial charge in [0.05, 0.1) is 19.7 Å². The van der Waals surface area contributed by atoms with Crippen molar-refractivity contribution >= 4 is 11.8 Å². The molecule has 0 fully saturated rings. The van der Waals surface area contributed by atoms with Gasteiger partial charge in [0, 0.05) is 12.1 Å². The predicted octanol–water partition coefficient (Wildman–Crippen LogP) is 1.98. The smallest absolute Gasteiger partial charge is 0.251 e. The van der Waals surface area contributed by atoms with Crippen molar-refractivity contribution in [2.45, 2.75) is 6.04 Å². The summed E-state index contributed by atoms with van der Waals surface area (Å²) >= 11 is 0. The molecular formula is C20H24FN3O3. The van der Waals surface area contributed by atoms with Gasteiger partial charge in [0.25, 0.3) is 5.91 Å². The van der Waals surface area contributed by atoms with E-state index in [9.17, 15) is 14.0 Å². The van der Waals surface area contributed by atoms with Crippen LogP contribution in [-0.4, -0.2) is 51.0 Å². The lowest BCUT2D eigenvalue weighted by Crippen LogP contribution is -2.40. The van der Waals surface area contributed by atoms with Gasteiger partial charge in [-0.25, -0.2) is 4.39 Å². The van der Waals surface area contributed by atoms with Crippen LogP contribution in [0.5, 0.6) is 5.75 Å². The Morgan fingerprint density at radius 3 is 2.41 bits per heavy atom. The second-order valence-electron chi connectivity index (χ2n) is 6.25. The third kappa shape index (κ3) is 6.07. The Morgan fingerprint density at radius 2 is 1.81 bits per heavy atom. The van der Waals surface area contributed by atoms with Gasteiger partial charge in [0.15, 0.2) is 0 Å². The summed E-state index contributed by atoms with van der Waals surface area (Å²) in [6, 6.07) is 12.9. The summed E-state index contributed by atoms with van der Waals surface area (Å²) in [5.41, 5.74) is 1.21. The average molecular weight is 373 g/mol. The van der Waals surface area contributed by atoms with Gasteiger partial charge < -0.3 is 20.3 Å². The van der Waals surface area contributed by atoms with E-state index < -0.39 is 11.7 Å². The van der Waals surface area contributed by atoms with Crippen molar-refractivity contribution in [2.75, 3.05) is 34.3 Å². The van der Waals surface area contributed by atoms with E-state index in [1.165, 1.54) is 18.2 Å². The Morgan fingerprint density at radius 1 is 1.11 bits per heavy atom. The summed E-state index contributed by atoms with van der Waals surface area (Å²) in [7, 11) is 5.45. The minimum absolute atomic E-state index is 0.0289. The number of benzene rings is 2. The van der Waals surface area contributed by atoms with Gasteiger partial charge in [0.2, 0.25) is 5.91 Å². The Bertz CT molecular complexity index is 778. The van der Waals surface area contributed by atoms with Gasteiger partial charge in [0.1, 0.15) is 11.6 Å². The summed E-state index contributed by atoms with van der Waals surface area (Å²) in [6.07, 6.45) is 0. The maximum atomic E-state index is 13.1. The van der Waals surface area contributed by atoms with Crippen molar-refractivity contribution in [2.24, 2.45) is 0 Å². The van der Waals surface area contributed by atoms with E-state index in [2.05, 4.69) is 10.6 Å². The van der Waals surface area contributed by atoms with Crippen molar-refractivity contribution in [3.63, 3.8) is 0 Å². The third-order valence-electron chi connectivity index (χ3n) is 4.11. The molecule has 2 amide bonds. The topological polar surface area (TPSA) is 70.7 Å². The van der Waals surface area contributed by atoms with E-state index in [1.54, 1.807) is 7.11 Å². The largest absolute Gasteiger partial charge is 0.497 e. The number of hydrogen-bond donors (Lipinski definition) is 2. The first-order valence-corrected chi connectivity index (χ1v) is 8.51. The SMILES string of the molecule is COc1ccc(C(CNC(=O)CNC(=O)c2cccc(F)c2)N(C)C)cc1. The lowest BCUT2D eigenvalue weighted by atomic mass is 10.1. The molecule has 27 heavy (non-hydrogen) atoms. The molecule has 6 nitrogen and oxygen atoms in total. The Labute approximate surface area is 158 Å². The first-order chi connectivity index (χ1) is 12.9. The summed E-state index contributed by atoms with van der Waals surface area (Å²) in [6.45, 7) is 0.201. The molecule has 0 radical (unpaired) electrons. The lowest BCUT2D eigenvalue weighted by molar-refractivity contribution is -0.120. The predicted molar refractivity (Wildman–Crippen MR) is 101 cm³/mol. The number of carbonyl (C=O) groups is 2. The van der Waals surface area contributed by atoms with E-state index in [0.29, 0.717) is 6.54 Å². The van der Waals surface area contributed by atoms with Crippen molar-refractivity contribution in [3.8, 4) is 5.75 Å². The number of likely N-dealkylation sites (N-methyl/N-ethyl adjacent to an activating group) is 1. The minimum atomic E-state index is -0.500. The second-order valence-corrected chi connectivity index (χ2v) is 6.25. The number of carbonyl (C=O) groups excluding carboxylic acids is 2. The van der Waals surface area contributed by atoms with E-state index in [4.69, 9.17) is 4.74 Å². The van der Waals surface area contributed by atoms with Crippen LogP contribution in [0, 0.1) is 5.82 Å². The molecule has 2 N–H and O–H groups in total. The summed E-state index contributed by atoms with van der Waals surface area (Å²) in [4.78, 5) is 26.0. The molecule has 7 heteroatoms. The number of methoxy groups -OCH3 is 1. The molecule has 0 saturated heterocycles. The Balaban J connectivity index is 1.87. The maximum absolute atomic E-state index is 13.1. The molecule has 2 rings (SSSR count). The summed E-state index contributed by atoms with van der Waals surface area (Å²) in [5.74, 6) is -0.551. The molecular weight excluding hydrogens is 349 g/mol. The monoisotopic (exact) mass is 373 g/mol. The lowest BCUT2D eigenvalue weighted by Gasteiger charge is -2.25. The van der Waals surface area contributed by atoms with Crippen LogP contribution in [0.25, 0.3) is 0 Å². The zero-order chi connectivity index (χ0) is 19.8. The summed E-state index contributed by atoms with van der Waals surface area (Å²) in [5, 5.41) is 5.29. The van der Waals surface area contributed by atoms with Crippen LogP contribution in [0.2, 0.25) is 0 Å². The molecule has 0 spiro atoms. The molecule has 0 aliphatic heterocycles. The number of ether oxygens (including phenoxy) is 1. The van der Waals surface area contributed by atoms with E-state index in [1.807, 2.05) is 43.3 Å². The van der Waals surface area contributed by atoms with Crippen LogP contribution in [0.3, 0.4) is 0 Å². The van der Waals surface area contributed by atoms with Crippen molar-refractivity contribution in [1.82, 2.24) is 15.5 Å². The highest BCUT2D eigenvalue weighted by atomic mass is 19.1. The molecule has 0 bridgehead atoms. The molecule has 2 aromatic rings. The van der Waals surface area contributed by atoms with E-state index >= 15 is 0 Å². The number of rotatable bonds is 8. The van der Waals surface area contributed by atoms with Crippen molar-refractivity contribution in [3.05, 3.63) is 65.5 Å². The van der Waals surface area contributed by atoms with Crippen LogP contribution >= 0.6 is 0 Å². The molecule has 144 valence electrons. The van der Waals surface area contributed by atoms with Gasteiger partial charge in [-0.3, -0.25) is 9.59 Å². The summed E-state index contributed by atoms with van der Waals surface area (Å²) < 4.78 is 18.3. The van der Waals surface area contributed by atoms with Gasteiger partial charge in [-0.1, -0.05) is 18.2 Å². The fourth-order valence-corrected chi connectivity index (χ4v) is 2.59. The normalized spacial score (nSPS) is 11.7. The number of nitrogens with zero attached hydrogens (tertiary/aromatic N) is 1. The van der Waals surface area contributed by atoms with Crippen LogP contribution in [0.1, 0.15) is 22.0 Å². The standard InChI is InChI=1S/C20H24FN3O3/c1-24(2)18(14-7-9-17(27-3)10-8-14)12-22-19(25)13-23-20(26)15-5-4-6-16(21)11-15/h4-11,18H,12-13H2,1-3H3,(H,22,25)(H,23,26). The molecule has 2 aromatic carbocycles. The van der Waals surface area contributed by atoms with Crippen LogP contribution in [0.4, 0.5) is 4.39 Å². The number of hydrogen-bond acceptors (Lipinski definition) is 4. The highest BCUT2D eigenvalue weighted by Crippen LogP contribution is 2.20. The van der Waals surface area contributed by atoms with Crippen LogP contribution in [-0.2, 0) is 4.79 Å². The Kier molecular flexibility index (Phi) is 7.31. The fraction of sp³-hybridized carbons (Fsp3) is 0.300. The number of amides is 2. The molecule has 0 saturated carbocycles. The molecule has 0 aliphatic rings. The first-order valence-electron chi connectivity index (χ1n) is 8.51. The molecule has 0 aromatic heterocycles. The quantitative estimate of drug-likeness (QED) is 0.742. The van der Waals surface area contributed by atoms with Gasteiger partial charge >= 0.3 is 0 Å². The minimum Gasteiger partial charge on any atom is -0.497 e. The highest BCUT2D eigenvalue weighted by Gasteiger charge is 2.16. The molecule has 0 aliphatic carbocycles. The number of nitrogens with one attached hydrogen (secondary N) is 2. The third-order valence-corrected chi connectivity index (χ3v) is 4.11. The van der Waals surface area contributed by atoms with Gasteiger partial charge in [-0.2, -0.15) is 0 Å². The second kappa shape index (κ2) is 9.68. The van der Waals surface area contributed by atoms with E-state index in [-0.39, 0.29) is 24.1 Å². The van der Waals surface area contributed by atoms with Crippen molar-refractivity contribution < 1.29 is 18.7 Å². The van der Waals surface area contributed by atoms with Crippen molar-refractivity contribution in [1.29, 1.82) is 0 Å². The number of halogens is 1. The zero-order valence-electron chi connectivity index (χ0n) is 15.7. The molecule has 1 unspecified atom stereocenters. The first kappa shape index (κ1) is 20.4. The molecule has 0 heterocycles. The van der Waals surface area contributed by atoms with E-state index in [0.717, 1.165) is 17.4 Å². The molecule has 1 atom stereocenters. The zero-order valence-corrected chi connectivity index (χ0v) is 15.7. The van der Waals surface area contributed by atoms with Gasteiger partial charge in [-0.05, 0) is 50.0 Å². The fourth-order valence-electron chi connectivity index (χ4n) is 2.59. The Hall–Kier alpha value is -2.93. The average Bonchev–Trinajstić information content (AvgIpc) is 2.66. The highest BCUT2D eigenvalue weighted by molar-refractivity contribution is 5.96. The van der Waals surface area contributed by atoms with Crippen LogP contribution in [0.15, 0.2) is 48.5 Å². The maximum Gasteiger partial charge on any atom is 0.251 e. The van der Waals surface area contributed by atoms with Gasteiger partial charge in [-0.15, -0.1) is 0 Å². The van der Waals surface area contributed by atoms with Crippen LogP contribution < -0.4 is 15.4 Å².